The summed E-state index contributed by atoms with van der Waals surface area (Å²) in [4.78, 5) is 40.1. The van der Waals surface area contributed by atoms with Crippen molar-refractivity contribution in [2.75, 3.05) is 13.7 Å². The quantitative estimate of drug-likeness (QED) is 0.469. The highest BCUT2D eigenvalue weighted by molar-refractivity contribution is 7.13. The topological polar surface area (TPSA) is 124 Å². The summed E-state index contributed by atoms with van der Waals surface area (Å²) < 4.78 is 17.2. The summed E-state index contributed by atoms with van der Waals surface area (Å²) in [5.74, 6) is 0.524. The van der Waals surface area contributed by atoms with Gasteiger partial charge in [-0.2, -0.15) is 4.98 Å². The fraction of sp³-hybridized carbons (Fsp3) is 0.500. The molecule has 1 N–H and O–H groups in total. The molecule has 0 bridgehead atoms. The summed E-state index contributed by atoms with van der Waals surface area (Å²) >= 11 is 1.45. The van der Waals surface area contributed by atoms with Crippen molar-refractivity contribution < 1.29 is 28.9 Å². The van der Waals surface area contributed by atoms with Crippen molar-refractivity contribution in [3.8, 4) is 22.5 Å². The van der Waals surface area contributed by atoms with E-state index in [0.717, 1.165) is 11.3 Å². The molecular formula is C26H32N4O6S. The first kappa shape index (κ1) is 26.6. The van der Waals surface area contributed by atoms with E-state index in [1.165, 1.54) is 16.2 Å². The second kappa shape index (κ2) is 10.1. The average molecular weight is 529 g/mol. The van der Waals surface area contributed by atoms with E-state index in [9.17, 15) is 14.7 Å². The highest BCUT2D eigenvalue weighted by Crippen LogP contribution is 2.35. The van der Waals surface area contributed by atoms with Crippen LogP contribution in [-0.4, -0.2) is 68.4 Å². The van der Waals surface area contributed by atoms with E-state index in [0.29, 0.717) is 33.4 Å². The van der Waals surface area contributed by atoms with Gasteiger partial charge < -0.3 is 19.3 Å². The largest absolute Gasteiger partial charge is 0.496 e. The third-order valence-corrected chi connectivity index (χ3v) is 6.87. The SMILES string of the molecule is COc1ccc2c(O[C@@H]3C[C@@H](C(=O)O)N(C(=O)OC(C)(C)C)C3)nc(-c3nc(C(C)C)cs3)nc2c1C. The van der Waals surface area contributed by atoms with E-state index in [4.69, 9.17) is 29.2 Å². The molecule has 10 nitrogen and oxygen atoms in total. The molecule has 198 valence electrons. The van der Waals surface area contributed by atoms with Crippen molar-refractivity contribution in [2.45, 2.75) is 71.6 Å². The minimum absolute atomic E-state index is 0.0522. The fourth-order valence-corrected chi connectivity index (χ4v) is 5.06. The van der Waals surface area contributed by atoms with Crippen LogP contribution in [0.5, 0.6) is 11.6 Å². The number of benzene rings is 1. The van der Waals surface area contributed by atoms with Gasteiger partial charge in [0.1, 0.15) is 23.5 Å². The Bertz CT molecular complexity index is 1330. The minimum atomic E-state index is -1.12. The number of hydrogen-bond acceptors (Lipinski definition) is 9. The van der Waals surface area contributed by atoms with Crippen molar-refractivity contribution in [2.24, 2.45) is 0 Å². The molecule has 2 aromatic heterocycles. The number of carboxylic acid groups (broad SMARTS) is 1. The van der Waals surface area contributed by atoms with E-state index in [2.05, 4.69) is 13.8 Å². The van der Waals surface area contributed by atoms with Crippen LogP contribution in [0.25, 0.3) is 21.7 Å². The van der Waals surface area contributed by atoms with Crippen LogP contribution >= 0.6 is 11.3 Å². The number of aliphatic carboxylic acids is 1. The molecule has 3 heterocycles. The maximum Gasteiger partial charge on any atom is 0.411 e. The van der Waals surface area contributed by atoms with Crippen molar-refractivity contribution in [1.82, 2.24) is 19.9 Å². The molecule has 1 amide bonds. The smallest absolute Gasteiger partial charge is 0.411 e. The zero-order valence-corrected chi connectivity index (χ0v) is 22.9. The summed E-state index contributed by atoms with van der Waals surface area (Å²) in [5.41, 5.74) is 1.66. The van der Waals surface area contributed by atoms with Gasteiger partial charge in [-0.1, -0.05) is 13.8 Å². The van der Waals surface area contributed by atoms with Crippen LogP contribution in [0, 0.1) is 6.92 Å². The average Bonchev–Trinajstić information content (AvgIpc) is 3.46. The molecular weight excluding hydrogens is 496 g/mol. The number of rotatable bonds is 6. The number of likely N-dealkylation sites (tertiary alicyclic amines) is 1. The molecule has 0 aliphatic carbocycles. The maximum atomic E-state index is 12.7. The number of methoxy groups -OCH3 is 1. The first-order valence-electron chi connectivity index (χ1n) is 12.1. The van der Waals surface area contributed by atoms with E-state index in [-0.39, 0.29) is 18.9 Å². The van der Waals surface area contributed by atoms with Gasteiger partial charge in [-0.15, -0.1) is 11.3 Å². The Balaban J connectivity index is 1.73. The molecule has 0 radical (unpaired) electrons. The van der Waals surface area contributed by atoms with E-state index in [1.807, 2.05) is 24.4 Å². The normalized spacial score (nSPS) is 17.9. The predicted molar refractivity (Wildman–Crippen MR) is 139 cm³/mol. The number of ether oxygens (including phenoxy) is 3. The molecule has 1 saturated heterocycles. The molecule has 3 aromatic rings. The molecule has 2 atom stereocenters. The number of carboxylic acids is 1. The Morgan fingerprint density at radius 1 is 1.19 bits per heavy atom. The van der Waals surface area contributed by atoms with E-state index in [1.54, 1.807) is 27.9 Å². The molecule has 1 aliphatic heterocycles. The van der Waals surface area contributed by atoms with Crippen LogP contribution < -0.4 is 9.47 Å². The number of aromatic nitrogens is 3. The van der Waals surface area contributed by atoms with Crippen LogP contribution in [0.2, 0.25) is 0 Å². The predicted octanol–water partition coefficient (Wildman–Crippen LogP) is 5.04. The van der Waals surface area contributed by atoms with Gasteiger partial charge in [0.15, 0.2) is 10.8 Å². The van der Waals surface area contributed by atoms with E-state index < -0.39 is 29.8 Å². The molecule has 4 rings (SSSR count). The summed E-state index contributed by atoms with van der Waals surface area (Å²) in [6.45, 7) is 11.3. The van der Waals surface area contributed by atoms with Gasteiger partial charge in [-0.25, -0.2) is 19.6 Å². The fourth-order valence-electron chi connectivity index (χ4n) is 4.14. The van der Waals surface area contributed by atoms with Crippen molar-refractivity contribution >= 4 is 34.3 Å². The lowest BCUT2D eigenvalue weighted by Gasteiger charge is -2.26. The van der Waals surface area contributed by atoms with Crippen LogP contribution in [-0.2, 0) is 9.53 Å². The third-order valence-electron chi connectivity index (χ3n) is 6.02. The molecule has 1 aliphatic rings. The first-order chi connectivity index (χ1) is 17.4. The lowest BCUT2D eigenvalue weighted by atomic mass is 10.1. The van der Waals surface area contributed by atoms with Gasteiger partial charge in [0.05, 0.1) is 30.3 Å². The number of aryl methyl sites for hydroxylation is 1. The van der Waals surface area contributed by atoms with Crippen molar-refractivity contribution in [3.05, 3.63) is 28.8 Å². The van der Waals surface area contributed by atoms with Gasteiger partial charge in [0, 0.05) is 17.4 Å². The summed E-state index contributed by atoms with van der Waals surface area (Å²) in [6.07, 6.45) is -1.20. The number of carbonyl (C=O) groups excluding carboxylic acids is 1. The number of hydrogen-bond donors (Lipinski definition) is 1. The Hall–Kier alpha value is -3.47. The monoisotopic (exact) mass is 528 g/mol. The lowest BCUT2D eigenvalue weighted by Crippen LogP contribution is -2.43. The van der Waals surface area contributed by atoms with Crippen LogP contribution in [0.15, 0.2) is 17.5 Å². The standard InChI is InChI=1S/C26H32N4O6S/c1-13(2)17-12-37-23(27-17)21-28-20-14(3)19(34-7)9-8-16(20)22(29-21)35-15-10-18(24(31)32)30(11-15)25(33)36-26(4,5)6/h8-9,12-13,15,18H,10-11H2,1-7H3,(H,31,32)/t15-,18+/m1/s1. The molecule has 0 spiro atoms. The Kier molecular flexibility index (Phi) is 7.27. The van der Waals surface area contributed by atoms with Gasteiger partial charge in [0.25, 0.3) is 0 Å². The summed E-state index contributed by atoms with van der Waals surface area (Å²) in [7, 11) is 1.60. The number of fused-ring (bicyclic) bond motifs is 1. The lowest BCUT2D eigenvalue weighted by molar-refractivity contribution is -0.142. The molecule has 1 aromatic carbocycles. The van der Waals surface area contributed by atoms with Crippen molar-refractivity contribution in [1.29, 1.82) is 0 Å². The van der Waals surface area contributed by atoms with Crippen LogP contribution in [0.1, 0.15) is 58.2 Å². The van der Waals surface area contributed by atoms with Crippen LogP contribution in [0.3, 0.4) is 0 Å². The maximum absolute atomic E-state index is 12.7. The highest BCUT2D eigenvalue weighted by Gasteiger charge is 2.43. The molecule has 0 unspecified atom stereocenters. The zero-order chi connectivity index (χ0) is 27.1. The van der Waals surface area contributed by atoms with Gasteiger partial charge >= 0.3 is 12.1 Å². The Morgan fingerprint density at radius 3 is 2.51 bits per heavy atom. The summed E-state index contributed by atoms with van der Waals surface area (Å²) in [6, 6.07) is 2.56. The van der Waals surface area contributed by atoms with E-state index >= 15 is 0 Å². The van der Waals surface area contributed by atoms with Gasteiger partial charge in [-0.05, 0) is 45.7 Å². The number of thiazole rings is 1. The van der Waals surface area contributed by atoms with Gasteiger partial charge in [0.2, 0.25) is 5.88 Å². The van der Waals surface area contributed by atoms with Crippen molar-refractivity contribution in [3.63, 3.8) is 0 Å². The number of nitrogens with zero attached hydrogens (tertiary/aromatic N) is 4. The second-order valence-electron chi connectivity index (χ2n) is 10.3. The number of amides is 1. The molecule has 37 heavy (non-hydrogen) atoms. The highest BCUT2D eigenvalue weighted by atomic mass is 32.1. The number of carbonyl (C=O) groups is 2. The Labute approximate surface area is 219 Å². The third kappa shape index (κ3) is 5.61. The zero-order valence-electron chi connectivity index (χ0n) is 22.1. The summed E-state index contributed by atoms with van der Waals surface area (Å²) in [5, 5.41) is 13.1. The molecule has 1 fully saturated rings. The Morgan fingerprint density at radius 2 is 1.92 bits per heavy atom. The minimum Gasteiger partial charge on any atom is -0.496 e. The van der Waals surface area contributed by atoms with Crippen LogP contribution in [0.4, 0.5) is 4.79 Å². The molecule has 0 saturated carbocycles. The first-order valence-corrected chi connectivity index (χ1v) is 13.0. The van der Waals surface area contributed by atoms with Gasteiger partial charge in [-0.3, -0.25) is 4.90 Å². The molecule has 11 heteroatoms. The second-order valence-corrected chi connectivity index (χ2v) is 11.2.